The lowest BCUT2D eigenvalue weighted by Crippen LogP contribution is -2.52. The average Bonchev–Trinajstić information content (AvgIpc) is 3.29. The van der Waals surface area contributed by atoms with Crippen molar-refractivity contribution in [2.75, 3.05) is 32.8 Å². The van der Waals surface area contributed by atoms with Gasteiger partial charge in [0, 0.05) is 24.3 Å². The predicted molar refractivity (Wildman–Crippen MR) is 125 cm³/mol. The Kier molecular flexibility index (Phi) is 7.22. The number of benzene rings is 1. The molecule has 0 bridgehead atoms. The number of carbonyl (C=O) groups excluding carboxylic acids is 2. The maximum atomic E-state index is 14.8. The lowest BCUT2D eigenvalue weighted by atomic mass is 10.0. The van der Waals surface area contributed by atoms with Crippen LogP contribution in [0.5, 0.6) is 11.5 Å². The molecule has 2 atom stereocenters. The van der Waals surface area contributed by atoms with Crippen LogP contribution in [0.2, 0.25) is 0 Å². The summed E-state index contributed by atoms with van der Waals surface area (Å²) in [7, 11) is 2.41. The first-order valence-electron chi connectivity index (χ1n) is 10.5. The number of nitrogens with zero attached hydrogens (tertiary/aromatic N) is 2. The van der Waals surface area contributed by atoms with Crippen LogP contribution < -0.4 is 20.1 Å². The van der Waals surface area contributed by atoms with Crippen molar-refractivity contribution in [3.8, 4) is 11.5 Å². The van der Waals surface area contributed by atoms with Crippen molar-refractivity contribution in [3.63, 3.8) is 0 Å². The molecule has 1 saturated heterocycles. The van der Waals surface area contributed by atoms with Crippen LogP contribution in [0, 0.1) is 11.6 Å². The van der Waals surface area contributed by atoms with E-state index in [-0.39, 0.29) is 40.3 Å². The molecule has 0 aliphatic carbocycles. The molecule has 1 aromatic carbocycles. The van der Waals surface area contributed by atoms with Gasteiger partial charge in [-0.15, -0.1) is 11.3 Å². The Bertz CT molecular complexity index is 1270. The topological polar surface area (TPSA) is 112 Å². The summed E-state index contributed by atoms with van der Waals surface area (Å²) in [5.41, 5.74) is -0.778. The number of thiophene rings is 1. The van der Waals surface area contributed by atoms with Crippen molar-refractivity contribution >= 4 is 39.2 Å². The van der Waals surface area contributed by atoms with Gasteiger partial charge in [0.2, 0.25) is 17.6 Å². The first kappa shape index (κ1) is 24.5. The van der Waals surface area contributed by atoms with E-state index in [1.54, 1.807) is 0 Å². The minimum absolute atomic E-state index is 0.0664. The van der Waals surface area contributed by atoms with Crippen molar-refractivity contribution in [3.05, 3.63) is 53.1 Å². The largest absolute Gasteiger partial charge is 0.494 e. The molecular formula is C23H22F2N4O5S. The van der Waals surface area contributed by atoms with E-state index in [4.69, 9.17) is 14.2 Å². The summed E-state index contributed by atoms with van der Waals surface area (Å²) in [5.74, 6) is -3.78. The SMILES string of the molecule is C=CC(=O)NC1CCOCC1Nc1ncc2cc(C(=O)c3c(F)c(OC)cc(OC)c3F)sc2n1. The molecule has 2 aromatic heterocycles. The minimum Gasteiger partial charge on any atom is -0.494 e. The molecule has 3 heterocycles. The van der Waals surface area contributed by atoms with Gasteiger partial charge in [0.15, 0.2) is 23.1 Å². The number of hydrogen-bond donors (Lipinski definition) is 2. The molecule has 12 heteroatoms. The van der Waals surface area contributed by atoms with Crippen LogP contribution in [0.3, 0.4) is 0 Å². The summed E-state index contributed by atoms with van der Waals surface area (Å²) < 4.78 is 44.9. The molecule has 2 N–H and O–H groups in total. The lowest BCUT2D eigenvalue weighted by Gasteiger charge is -2.32. The second-order valence-electron chi connectivity index (χ2n) is 7.61. The van der Waals surface area contributed by atoms with Gasteiger partial charge in [-0.05, 0) is 18.6 Å². The number of nitrogens with one attached hydrogen (secondary N) is 2. The molecule has 4 rings (SSSR count). The molecule has 0 radical (unpaired) electrons. The lowest BCUT2D eigenvalue weighted by molar-refractivity contribution is -0.117. The van der Waals surface area contributed by atoms with Gasteiger partial charge in [0.1, 0.15) is 10.4 Å². The molecule has 35 heavy (non-hydrogen) atoms. The smallest absolute Gasteiger partial charge is 0.243 e. The summed E-state index contributed by atoms with van der Waals surface area (Å²) in [6.45, 7) is 4.29. The fraction of sp³-hybridized carbons (Fsp3) is 0.304. The summed E-state index contributed by atoms with van der Waals surface area (Å²) >= 11 is 0.966. The third-order valence-electron chi connectivity index (χ3n) is 5.48. The van der Waals surface area contributed by atoms with E-state index in [0.29, 0.717) is 29.9 Å². The molecule has 1 fully saturated rings. The van der Waals surface area contributed by atoms with E-state index in [1.807, 2.05) is 0 Å². The van der Waals surface area contributed by atoms with E-state index in [2.05, 4.69) is 27.2 Å². The number of rotatable bonds is 8. The van der Waals surface area contributed by atoms with Crippen LogP contribution >= 0.6 is 11.3 Å². The van der Waals surface area contributed by atoms with Crippen LogP contribution in [0.25, 0.3) is 10.2 Å². The fourth-order valence-corrected chi connectivity index (χ4v) is 4.63. The van der Waals surface area contributed by atoms with Gasteiger partial charge in [0.05, 0.1) is 37.8 Å². The molecule has 1 aliphatic heterocycles. The van der Waals surface area contributed by atoms with E-state index < -0.39 is 23.0 Å². The van der Waals surface area contributed by atoms with E-state index in [9.17, 15) is 18.4 Å². The van der Waals surface area contributed by atoms with Gasteiger partial charge >= 0.3 is 0 Å². The number of hydrogen-bond acceptors (Lipinski definition) is 9. The Labute approximate surface area is 203 Å². The zero-order valence-electron chi connectivity index (χ0n) is 18.9. The summed E-state index contributed by atoms with van der Waals surface area (Å²) in [6, 6.07) is 1.99. The van der Waals surface area contributed by atoms with Crippen LogP contribution in [-0.2, 0) is 9.53 Å². The average molecular weight is 505 g/mol. The monoisotopic (exact) mass is 504 g/mol. The van der Waals surface area contributed by atoms with Gasteiger partial charge in [-0.2, -0.15) is 0 Å². The van der Waals surface area contributed by atoms with Crippen molar-refractivity contribution in [2.24, 2.45) is 0 Å². The molecule has 2 unspecified atom stereocenters. The Hall–Kier alpha value is -3.64. The maximum absolute atomic E-state index is 14.8. The maximum Gasteiger partial charge on any atom is 0.243 e. The summed E-state index contributed by atoms with van der Waals surface area (Å²) in [4.78, 5) is 34.0. The number of anilines is 1. The minimum atomic E-state index is -1.12. The molecule has 1 aliphatic rings. The summed E-state index contributed by atoms with van der Waals surface area (Å²) in [5, 5.41) is 6.52. The number of methoxy groups -OCH3 is 2. The molecule has 9 nitrogen and oxygen atoms in total. The number of halogens is 2. The number of aromatic nitrogens is 2. The van der Waals surface area contributed by atoms with Gasteiger partial charge in [0.25, 0.3) is 0 Å². The molecule has 0 saturated carbocycles. The molecule has 3 aromatic rings. The molecule has 184 valence electrons. The Morgan fingerprint density at radius 1 is 1.20 bits per heavy atom. The third-order valence-corrected chi connectivity index (χ3v) is 6.53. The van der Waals surface area contributed by atoms with Crippen molar-refractivity contribution in [1.29, 1.82) is 0 Å². The van der Waals surface area contributed by atoms with Gasteiger partial charge in [-0.3, -0.25) is 9.59 Å². The Morgan fingerprint density at radius 2 is 1.91 bits per heavy atom. The second-order valence-corrected chi connectivity index (χ2v) is 8.64. The van der Waals surface area contributed by atoms with E-state index in [1.165, 1.54) is 32.6 Å². The number of amides is 1. The van der Waals surface area contributed by atoms with Crippen LogP contribution in [0.15, 0.2) is 31.0 Å². The van der Waals surface area contributed by atoms with Crippen molar-refractivity contribution < 1.29 is 32.6 Å². The van der Waals surface area contributed by atoms with Crippen molar-refractivity contribution in [2.45, 2.75) is 18.5 Å². The first-order valence-corrected chi connectivity index (χ1v) is 11.4. The highest BCUT2D eigenvalue weighted by Gasteiger charge is 2.29. The first-order chi connectivity index (χ1) is 16.9. The highest BCUT2D eigenvalue weighted by molar-refractivity contribution is 7.20. The molecule has 0 spiro atoms. The number of fused-ring (bicyclic) bond motifs is 1. The quantitative estimate of drug-likeness (QED) is 0.356. The molecular weight excluding hydrogens is 482 g/mol. The van der Waals surface area contributed by atoms with Crippen LogP contribution in [0.4, 0.5) is 14.7 Å². The highest BCUT2D eigenvalue weighted by Crippen LogP contribution is 2.34. The van der Waals surface area contributed by atoms with E-state index in [0.717, 1.165) is 17.4 Å². The summed E-state index contributed by atoms with van der Waals surface area (Å²) in [6.07, 6.45) is 3.29. The standard InChI is InChI=1S/C23H22F2N4O5S/c1-4-17(30)27-12-5-6-34-10-13(12)28-23-26-9-11-7-16(35-22(11)29-23)21(31)18-19(24)14(32-2)8-15(33-3)20(18)25/h4,7-9,12-13H,1,5-6,10H2,2-3H3,(H,27,30)(H,26,28,29). The predicted octanol–water partition coefficient (Wildman–Crippen LogP) is 3.09. The Morgan fingerprint density at radius 3 is 2.57 bits per heavy atom. The third kappa shape index (κ3) is 4.93. The number of ketones is 1. The van der Waals surface area contributed by atoms with Crippen molar-refractivity contribution in [1.82, 2.24) is 15.3 Å². The van der Waals surface area contributed by atoms with E-state index >= 15 is 0 Å². The van der Waals surface area contributed by atoms with Gasteiger partial charge in [-0.1, -0.05) is 6.58 Å². The van der Waals surface area contributed by atoms with Gasteiger partial charge < -0.3 is 24.8 Å². The highest BCUT2D eigenvalue weighted by atomic mass is 32.1. The van der Waals surface area contributed by atoms with Crippen LogP contribution in [-0.4, -0.2) is 61.2 Å². The molecule has 1 amide bonds. The number of ether oxygens (including phenoxy) is 3. The normalized spacial score (nSPS) is 17.6. The van der Waals surface area contributed by atoms with Gasteiger partial charge in [-0.25, -0.2) is 18.7 Å². The second kappa shape index (κ2) is 10.3. The fourth-order valence-electron chi connectivity index (χ4n) is 3.68. The zero-order valence-corrected chi connectivity index (χ0v) is 19.7. The Balaban J connectivity index is 1.62. The zero-order chi connectivity index (χ0) is 25.1. The number of carbonyl (C=O) groups is 2. The van der Waals surface area contributed by atoms with Crippen LogP contribution in [0.1, 0.15) is 21.7 Å².